The van der Waals surface area contributed by atoms with Crippen molar-refractivity contribution in [3.05, 3.63) is 46.7 Å². The third kappa shape index (κ3) is 4.75. The van der Waals surface area contributed by atoms with Crippen LogP contribution in [0.1, 0.15) is 29.6 Å². The van der Waals surface area contributed by atoms with Crippen LogP contribution in [0.25, 0.3) is 0 Å². The zero-order valence-corrected chi connectivity index (χ0v) is 14.2. The number of aliphatic hydroxyl groups excluding tert-OH is 1. The van der Waals surface area contributed by atoms with Crippen LogP contribution in [0, 0.1) is 11.8 Å². The van der Waals surface area contributed by atoms with E-state index in [1.165, 1.54) is 0 Å². The summed E-state index contributed by atoms with van der Waals surface area (Å²) >= 11 is 1.57. The molecule has 0 bridgehead atoms. The van der Waals surface area contributed by atoms with Gasteiger partial charge in [-0.05, 0) is 37.3 Å². The molecule has 128 valence electrons. The minimum atomic E-state index is -0.207. The highest BCUT2D eigenvalue weighted by Gasteiger charge is 2.35. The van der Waals surface area contributed by atoms with Gasteiger partial charge in [0.15, 0.2) is 0 Å². The van der Waals surface area contributed by atoms with Crippen LogP contribution in [0.4, 0.5) is 4.79 Å². The standard InChI is InChI=1S/C17H22N4O2S/c22-11-12(9-14-3-1-2-6-18-14)10-20-17(23)21-15(13-4-5-13)16-19-7-8-24-16/h1-3,6-8,12-13,15,22H,4-5,9-11H2,(H2,20,21,23). The number of nitrogens with zero attached hydrogens (tertiary/aromatic N) is 2. The number of thiazole rings is 1. The van der Waals surface area contributed by atoms with Crippen LogP contribution >= 0.6 is 11.3 Å². The quantitative estimate of drug-likeness (QED) is 0.683. The molecular weight excluding hydrogens is 324 g/mol. The summed E-state index contributed by atoms with van der Waals surface area (Å²) in [5, 5.41) is 18.3. The van der Waals surface area contributed by atoms with Crippen LogP contribution in [-0.2, 0) is 6.42 Å². The topological polar surface area (TPSA) is 87.1 Å². The number of rotatable bonds is 8. The normalized spacial score (nSPS) is 16.4. The van der Waals surface area contributed by atoms with Crippen molar-refractivity contribution in [3.63, 3.8) is 0 Å². The molecule has 2 amide bonds. The maximum absolute atomic E-state index is 12.2. The van der Waals surface area contributed by atoms with Gasteiger partial charge in [-0.1, -0.05) is 6.07 Å². The largest absolute Gasteiger partial charge is 0.396 e. The molecule has 1 saturated carbocycles. The Balaban J connectivity index is 1.48. The van der Waals surface area contributed by atoms with Gasteiger partial charge in [-0.25, -0.2) is 9.78 Å². The van der Waals surface area contributed by atoms with Crippen molar-refractivity contribution < 1.29 is 9.90 Å². The van der Waals surface area contributed by atoms with E-state index in [1.807, 2.05) is 23.6 Å². The fourth-order valence-electron chi connectivity index (χ4n) is 2.64. The molecule has 6 nitrogen and oxygen atoms in total. The average Bonchev–Trinajstić information content (AvgIpc) is 3.31. The van der Waals surface area contributed by atoms with Gasteiger partial charge in [0.1, 0.15) is 5.01 Å². The van der Waals surface area contributed by atoms with Crippen LogP contribution in [0.5, 0.6) is 0 Å². The number of aliphatic hydroxyl groups is 1. The summed E-state index contributed by atoms with van der Waals surface area (Å²) in [6.45, 7) is 0.420. The minimum absolute atomic E-state index is 0.00614. The summed E-state index contributed by atoms with van der Waals surface area (Å²) in [6, 6.07) is 5.49. The Bertz CT molecular complexity index is 631. The predicted octanol–water partition coefficient (Wildman–Crippen LogP) is 2.14. The van der Waals surface area contributed by atoms with E-state index in [9.17, 15) is 9.90 Å². The SMILES string of the molecule is O=C(NCC(CO)Cc1ccccn1)NC(c1nccs1)C1CC1. The van der Waals surface area contributed by atoms with E-state index in [-0.39, 0.29) is 24.6 Å². The molecule has 24 heavy (non-hydrogen) atoms. The summed E-state index contributed by atoms with van der Waals surface area (Å²) in [4.78, 5) is 20.8. The second kappa shape index (κ2) is 8.21. The van der Waals surface area contributed by atoms with Gasteiger partial charge in [-0.15, -0.1) is 11.3 Å². The van der Waals surface area contributed by atoms with Crippen molar-refractivity contribution in [3.8, 4) is 0 Å². The number of pyridine rings is 1. The lowest BCUT2D eigenvalue weighted by Gasteiger charge is -2.19. The molecule has 0 saturated heterocycles. The van der Waals surface area contributed by atoms with Gasteiger partial charge in [0, 0.05) is 42.5 Å². The second-order valence-electron chi connectivity index (χ2n) is 6.11. The van der Waals surface area contributed by atoms with Gasteiger partial charge >= 0.3 is 6.03 Å². The Kier molecular flexibility index (Phi) is 5.77. The van der Waals surface area contributed by atoms with Crippen LogP contribution < -0.4 is 10.6 Å². The van der Waals surface area contributed by atoms with Crippen molar-refractivity contribution in [2.75, 3.05) is 13.2 Å². The highest BCUT2D eigenvalue weighted by atomic mass is 32.1. The number of nitrogens with one attached hydrogen (secondary N) is 2. The average molecular weight is 346 g/mol. The molecule has 1 aliphatic carbocycles. The zero-order valence-electron chi connectivity index (χ0n) is 13.4. The first-order chi connectivity index (χ1) is 11.8. The van der Waals surface area contributed by atoms with Crippen LogP contribution in [0.15, 0.2) is 36.0 Å². The van der Waals surface area contributed by atoms with E-state index < -0.39 is 0 Å². The first kappa shape index (κ1) is 16.9. The Hall–Kier alpha value is -1.99. The first-order valence-corrected chi connectivity index (χ1v) is 9.08. The Morgan fingerprint density at radius 1 is 1.33 bits per heavy atom. The molecule has 2 unspecified atom stereocenters. The lowest BCUT2D eigenvalue weighted by molar-refractivity contribution is 0.211. The number of aromatic nitrogens is 2. The Labute approximate surface area is 145 Å². The van der Waals surface area contributed by atoms with Gasteiger partial charge < -0.3 is 15.7 Å². The van der Waals surface area contributed by atoms with E-state index in [2.05, 4.69) is 20.6 Å². The molecular formula is C17H22N4O2S. The molecule has 1 aliphatic rings. The highest BCUT2D eigenvalue weighted by Crippen LogP contribution is 2.41. The van der Waals surface area contributed by atoms with Crippen molar-refractivity contribution in [1.82, 2.24) is 20.6 Å². The molecule has 2 aromatic rings. The maximum Gasteiger partial charge on any atom is 0.315 e. The molecule has 0 spiro atoms. The van der Waals surface area contributed by atoms with E-state index in [0.29, 0.717) is 18.9 Å². The molecule has 3 N–H and O–H groups in total. The summed E-state index contributed by atoms with van der Waals surface area (Å²) in [6.07, 6.45) is 6.39. The summed E-state index contributed by atoms with van der Waals surface area (Å²) in [5.41, 5.74) is 0.914. The number of hydrogen-bond acceptors (Lipinski definition) is 5. The third-order valence-corrected chi connectivity index (χ3v) is 4.99. The van der Waals surface area contributed by atoms with Crippen LogP contribution in [-0.4, -0.2) is 34.3 Å². The van der Waals surface area contributed by atoms with E-state index in [0.717, 1.165) is 23.5 Å². The van der Waals surface area contributed by atoms with Gasteiger partial charge in [0.05, 0.1) is 6.04 Å². The van der Waals surface area contributed by atoms with Crippen LogP contribution in [0.3, 0.4) is 0 Å². The van der Waals surface area contributed by atoms with E-state index in [4.69, 9.17) is 0 Å². The monoisotopic (exact) mass is 346 g/mol. The van der Waals surface area contributed by atoms with Crippen molar-refractivity contribution in [1.29, 1.82) is 0 Å². The molecule has 2 atom stereocenters. The van der Waals surface area contributed by atoms with Crippen LogP contribution in [0.2, 0.25) is 0 Å². The Morgan fingerprint density at radius 2 is 2.21 bits per heavy atom. The first-order valence-electron chi connectivity index (χ1n) is 8.20. The number of carbonyl (C=O) groups is 1. The molecule has 7 heteroatoms. The molecule has 2 aromatic heterocycles. The predicted molar refractivity (Wildman–Crippen MR) is 92.6 cm³/mol. The lowest BCUT2D eigenvalue weighted by Crippen LogP contribution is -2.41. The summed E-state index contributed by atoms with van der Waals surface area (Å²) in [5.74, 6) is 0.439. The molecule has 0 radical (unpaired) electrons. The van der Waals surface area contributed by atoms with Crippen molar-refractivity contribution in [2.45, 2.75) is 25.3 Å². The smallest absolute Gasteiger partial charge is 0.315 e. The number of hydrogen-bond donors (Lipinski definition) is 3. The number of amides is 2. The van der Waals surface area contributed by atoms with Crippen molar-refractivity contribution >= 4 is 17.4 Å². The number of urea groups is 1. The second-order valence-corrected chi connectivity index (χ2v) is 7.04. The van der Waals surface area contributed by atoms with E-state index >= 15 is 0 Å². The fourth-order valence-corrected chi connectivity index (χ4v) is 3.42. The van der Waals surface area contributed by atoms with Gasteiger partial charge in [0.25, 0.3) is 0 Å². The summed E-state index contributed by atoms with van der Waals surface area (Å²) in [7, 11) is 0. The van der Waals surface area contributed by atoms with Gasteiger partial charge in [-0.2, -0.15) is 0 Å². The molecule has 2 heterocycles. The Morgan fingerprint density at radius 3 is 2.83 bits per heavy atom. The fraction of sp³-hybridized carbons (Fsp3) is 0.471. The number of carbonyl (C=O) groups excluding carboxylic acids is 1. The molecule has 1 fully saturated rings. The van der Waals surface area contributed by atoms with E-state index in [1.54, 1.807) is 23.7 Å². The minimum Gasteiger partial charge on any atom is -0.396 e. The maximum atomic E-state index is 12.2. The zero-order chi connectivity index (χ0) is 16.8. The van der Waals surface area contributed by atoms with Crippen molar-refractivity contribution in [2.24, 2.45) is 11.8 Å². The molecule has 0 aliphatic heterocycles. The van der Waals surface area contributed by atoms with Gasteiger partial charge in [-0.3, -0.25) is 4.98 Å². The molecule has 0 aromatic carbocycles. The lowest BCUT2D eigenvalue weighted by atomic mass is 10.0. The third-order valence-electron chi connectivity index (χ3n) is 4.13. The summed E-state index contributed by atoms with van der Waals surface area (Å²) < 4.78 is 0. The highest BCUT2D eigenvalue weighted by molar-refractivity contribution is 7.09. The van der Waals surface area contributed by atoms with Gasteiger partial charge in [0.2, 0.25) is 0 Å². The molecule has 3 rings (SSSR count).